The van der Waals surface area contributed by atoms with Crippen LogP contribution in [0.2, 0.25) is 0 Å². The number of carbonyl (C=O) groups excluding carboxylic acids is 3. The lowest BCUT2D eigenvalue weighted by molar-refractivity contribution is -0.692. The number of carboxylic acid groups (broad SMARTS) is 2. The van der Waals surface area contributed by atoms with Gasteiger partial charge in [0, 0.05) is 38.2 Å². The second-order valence-corrected chi connectivity index (χ2v) is 10.2. The first-order valence-corrected chi connectivity index (χ1v) is 14.3. The molecule has 0 aliphatic rings. The number of carboxylic acids is 2. The lowest BCUT2D eigenvalue weighted by Gasteiger charge is -2.21. The summed E-state index contributed by atoms with van der Waals surface area (Å²) >= 11 is 0. The van der Waals surface area contributed by atoms with Crippen molar-refractivity contribution in [1.82, 2.24) is 10.2 Å². The molecule has 0 saturated carbocycles. The first kappa shape index (κ1) is 32.7. The molecule has 11 nitrogen and oxygen atoms in total. The normalized spacial score (nSPS) is 10.7. The SMILES string of the molecule is CCCCN(CCCCc1ccc(C(=O)[O-])c[n+]1CC(=O)NCc1cccc(OC)c1)C(=O)C[n+]1cccc(C(=O)O)c1. The van der Waals surface area contributed by atoms with Crippen LogP contribution in [0.4, 0.5) is 0 Å². The summed E-state index contributed by atoms with van der Waals surface area (Å²) in [5, 5.41) is 23.6. The van der Waals surface area contributed by atoms with Crippen molar-refractivity contribution in [3.05, 3.63) is 89.5 Å². The molecule has 0 saturated heterocycles. The van der Waals surface area contributed by atoms with E-state index in [4.69, 9.17) is 4.74 Å². The molecular formula is C32H39N4O7+. The lowest BCUT2D eigenvalue weighted by atomic mass is 10.1. The summed E-state index contributed by atoms with van der Waals surface area (Å²) in [4.78, 5) is 50.4. The summed E-state index contributed by atoms with van der Waals surface area (Å²) < 4.78 is 8.42. The van der Waals surface area contributed by atoms with Crippen LogP contribution in [0.3, 0.4) is 0 Å². The van der Waals surface area contributed by atoms with E-state index in [1.807, 2.05) is 24.3 Å². The highest BCUT2D eigenvalue weighted by molar-refractivity contribution is 5.86. The minimum Gasteiger partial charge on any atom is -0.545 e. The maximum absolute atomic E-state index is 13.1. The van der Waals surface area contributed by atoms with Crippen LogP contribution in [0.1, 0.15) is 64.6 Å². The number of carbonyl (C=O) groups is 4. The van der Waals surface area contributed by atoms with E-state index in [2.05, 4.69) is 12.2 Å². The molecule has 43 heavy (non-hydrogen) atoms. The van der Waals surface area contributed by atoms with Crippen LogP contribution in [-0.4, -0.2) is 54.0 Å². The molecule has 0 bridgehead atoms. The van der Waals surface area contributed by atoms with Gasteiger partial charge in [-0.2, -0.15) is 9.13 Å². The quantitative estimate of drug-likeness (QED) is 0.178. The summed E-state index contributed by atoms with van der Waals surface area (Å²) in [7, 11) is 1.57. The molecule has 0 atom stereocenters. The molecule has 2 heterocycles. The largest absolute Gasteiger partial charge is 0.545 e. The van der Waals surface area contributed by atoms with Gasteiger partial charge in [0.15, 0.2) is 24.3 Å². The van der Waals surface area contributed by atoms with Gasteiger partial charge in [0.25, 0.3) is 11.8 Å². The predicted molar refractivity (Wildman–Crippen MR) is 154 cm³/mol. The summed E-state index contributed by atoms with van der Waals surface area (Å²) in [6.45, 7) is 3.45. The van der Waals surface area contributed by atoms with Crippen molar-refractivity contribution >= 4 is 23.8 Å². The number of aromatic nitrogens is 2. The van der Waals surface area contributed by atoms with Gasteiger partial charge in [0.2, 0.25) is 13.1 Å². The standard InChI is InChI=1S/C32H38N4O7/c1-3-4-16-35(30(38)23-34-15-8-10-25(20-34)31(39)40)17-6-5-11-27-14-13-26(32(41)42)21-36(27)22-29(37)33-19-24-9-7-12-28(18-24)43-2/h7-10,12-15,18,20-21H,3-6,11,16-17,19,22-23H2,1-2H3,(H-2,33,37,39,40,41,42)/p+1. The number of ether oxygens (including phenoxy) is 1. The topological polar surface area (TPSA) is 144 Å². The Morgan fingerprint density at radius 3 is 2.47 bits per heavy atom. The number of hydrogen-bond acceptors (Lipinski definition) is 6. The molecule has 228 valence electrons. The molecule has 11 heteroatoms. The second-order valence-electron chi connectivity index (χ2n) is 10.2. The Morgan fingerprint density at radius 1 is 0.953 bits per heavy atom. The summed E-state index contributed by atoms with van der Waals surface area (Å²) in [6, 6.07) is 13.6. The number of unbranched alkanes of at least 4 members (excludes halogenated alkanes) is 2. The molecule has 0 fully saturated rings. The summed E-state index contributed by atoms with van der Waals surface area (Å²) in [5.74, 6) is -2.06. The maximum atomic E-state index is 13.1. The lowest BCUT2D eigenvalue weighted by Crippen LogP contribution is -2.46. The Hall–Kier alpha value is -4.80. The molecule has 0 spiro atoms. The minimum absolute atomic E-state index is 0.0230. The highest BCUT2D eigenvalue weighted by Crippen LogP contribution is 2.12. The van der Waals surface area contributed by atoms with E-state index >= 15 is 0 Å². The van der Waals surface area contributed by atoms with Gasteiger partial charge in [-0.3, -0.25) is 9.59 Å². The first-order valence-electron chi connectivity index (χ1n) is 14.3. The zero-order chi connectivity index (χ0) is 31.2. The van der Waals surface area contributed by atoms with E-state index in [9.17, 15) is 29.4 Å². The third-order valence-corrected chi connectivity index (χ3v) is 6.96. The van der Waals surface area contributed by atoms with Crippen LogP contribution in [0.25, 0.3) is 0 Å². The van der Waals surface area contributed by atoms with Crippen molar-refractivity contribution in [3.63, 3.8) is 0 Å². The van der Waals surface area contributed by atoms with Crippen LogP contribution in [0.5, 0.6) is 5.75 Å². The number of amides is 2. The number of aromatic carboxylic acids is 2. The van der Waals surface area contributed by atoms with E-state index in [-0.39, 0.29) is 36.0 Å². The van der Waals surface area contributed by atoms with E-state index < -0.39 is 11.9 Å². The zero-order valence-corrected chi connectivity index (χ0v) is 24.7. The molecule has 0 aliphatic heterocycles. The van der Waals surface area contributed by atoms with Crippen molar-refractivity contribution in [1.29, 1.82) is 0 Å². The molecule has 3 aromatic rings. The van der Waals surface area contributed by atoms with Gasteiger partial charge in [-0.15, -0.1) is 0 Å². The van der Waals surface area contributed by atoms with Gasteiger partial charge >= 0.3 is 5.97 Å². The number of aryl methyl sites for hydroxylation is 1. The van der Waals surface area contributed by atoms with Crippen LogP contribution in [0, 0.1) is 0 Å². The minimum atomic E-state index is -1.33. The molecule has 0 radical (unpaired) electrons. The smallest absolute Gasteiger partial charge is 0.341 e. The average Bonchev–Trinajstić information content (AvgIpc) is 3.00. The average molecular weight is 592 g/mol. The number of hydrogen-bond donors (Lipinski definition) is 2. The van der Waals surface area contributed by atoms with Crippen molar-refractivity contribution in [2.45, 2.75) is 58.7 Å². The van der Waals surface area contributed by atoms with Crippen LogP contribution in [-0.2, 0) is 35.6 Å². The Labute approximate surface area is 251 Å². The van der Waals surface area contributed by atoms with Crippen molar-refractivity contribution in [2.75, 3.05) is 20.2 Å². The van der Waals surface area contributed by atoms with E-state index in [1.54, 1.807) is 39.5 Å². The third kappa shape index (κ3) is 10.5. The number of rotatable bonds is 17. The fourth-order valence-electron chi connectivity index (χ4n) is 4.59. The maximum Gasteiger partial charge on any atom is 0.341 e. The highest BCUT2D eigenvalue weighted by atomic mass is 16.5. The summed E-state index contributed by atoms with van der Waals surface area (Å²) in [5.41, 5.74) is 1.75. The van der Waals surface area contributed by atoms with Crippen LogP contribution < -0.4 is 24.3 Å². The van der Waals surface area contributed by atoms with Crippen LogP contribution >= 0.6 is 0 Å². The Bertz CT molecular complexity index is 1430. The summed E-state index contributed by atoms with van der Waals surface area (Å²) in [6.07, 6.45) is 8.27. The van der Waals surface area contributed by atoms with Crippen molar-refractivity contribution in [3.8, 4) is 5.75 Å². The Balaban J connectivity index is 1.60. The van der Waals surface area contributed by atoms with Crippen molar-refractivity contribution in [2.24, 2.45) is 0 Å². The zero-order valence-electron chi connectivity index (χ0n) is 24.7. The molecule has 3 rings (SSSR count). The van der Waals surface area contributed by atoms with Crippen LogP contribution in [0.15, 0.2) is 67.1 Å². The molecule has 1 aromatic carbocycles. The van der Waals surface area contributed by atoms with Crippen molar-refractivity contribution < 1.29 is 43.3 Å². The first-order chi connectivity index (χ1) is 20.7. The number of nitrogens with zero attached hydrogens (tertiary/aromatic N) is 3. The molecule has 2 amide bonds. The molecule has 0 unspecified atom stereocenters. The van der Waals surface area contributed by atoms with E-state index in [1.165, 1.54) is 24.5 Å². The molecular weight excluding hydrogens is 552 g/mol. The van der Waals surface area contributed by atoms with E-state index in [0.29, 0.717) is 44.6 Å². The van der Waals surface area contributed by atoms with Gasteiger partial charge in [-0.25, -0.2) is 4.79 Å². The fourth-order valence-corrected chi connectivity index (χ4v) is 4.59. The highest BCUT2D eigenvalue weighted by Gasteiger charge is 2.20. The number of pyridine rings is 2. The van der Waals surface area contributed by atoms with E-state index in [0.717, 1.165) is 24.1 Å². The number of methoxy groups -OCH3 is 1. The van der Waals surface area contributed by atoms with Gasteiger partial charge in [0.05, 0.1) is 18.6 Å². The van der Waals surface area contributed by atoms with Gasteiger partial charge in [-0.1, -0.05) is 25.5 Å². The monoisotopic (exact) mass is 591 g/mol. The van der Waals surface area contributed by atoms with Gasteiger partial charge < -0.3 is 30.0 Å². The predicted octanol–water partition coefficient (Wildman–Crippen LogP) is 1.30. The Morgan fingerprint density at radius 2 is 1.74 bits per heavy atom. The van der Waals surface area contributed by atoms with Gasteiger partial charge in [-0.05, 0) is 49.1 Å². The van der Waals surface area contributed by atoms with Gasteiger partial charge in [0.1, 0.15) is 11.3 Å². The second kappa shape index (κ2) is 16.6. The number of nitrogens with one attached hydrogen (secondary N) is 1. The molecule has 2 aromatic heterocycles. The molecule has 2 N–H and O–H groups in total. The third-order valence-electron chi connectivity index (χ3n) is 6.96. The molecule has 0 aliphatic carbocycles. The Kier molecular flexibility index (Phi) is 12.6. The number of benzene rings is 1. The fraction of sp³-hybridized carbons (Fsp3) is 0.375.